The number of amides is 1. The first-order valence-corrected chi connectivity index (χ1v) is 9.45. The molecule has 0 aliphatic carbocycles. The lowest BCUT2D eigenvalue weighted by Gasteiger charge is -2.23. The van der Waals surface area contributed by atoms with E-state index in [0.29, 0.717) is 18.9 Å². The second-order valence-electron chi connectivity index (χ2n) is 7.11. The maximum absolute atomic E-state index is 12.6. The molecule has 4 rings (SSSR count). The standard InChI is InChI=1S/C21H25N3O2/c1-3-18-17(16-8-4-5-9-19(16)26-18)11-20(25)22-12-15-7-6-10-24-13-14(2)23-21(15)24/h4-5,8-9,13,15H,3,6-7,10-12H2,1-2H3,(H,22,25). The van der Waals surface area contributed by atoms with Gasteiger partial charge in [-0.1, -0.05) is 25.1 Å². The average Bonchev–Trinajstić information content (AvgIpc) is 3.20. The number of carbonyl (C=O) groups is 1. The van der Waals surface area contributed by atoms with Crippen molar-refractivity contribution in [3.05, 3.63) is 53.3 Å². The van der Waals surface area contributed by atoms with Crippen molar-refractivity contribution >= 4 is 16.9 Å². The fourth-order valence-electron chi connectivity index (χ4n) is 3.99. The van der Waals surface area contributed by atoms with Crippen LogP contribution in [-0.4, -0.2) is 22.0 Å². The Hall–Kier alpha value is -2.56. The van der Waals surface area contributed by atoms with Crippen LogP contribution >= 0.6 is 0 Å². The van der Waals surface area contributed by atoms with E-state index in [9.17, 15) is 4.79 Å². The first kappa shape index (κ1) is 16.9. The van der Waals surface area contributed by atoms with E-state index >= 15 is 0 Å². The van der Waals surface area contributed by atoms with Gasteiger partial charge in [0.2, 0.25) is 5.91 Å². The summed E-state index contributed by atoms with van der Waals surface area (Å²) >= 11 is 0. The van der Waals surface area contributed by atoms with Crippen LogP contribution in [0.1, 0.15) is 48.5 Å². The Morgan fingerprint density at radius 1 is 1.38 bits per heavy atom. The fourth-order valence-corrected chi connectivity index (χ4v) is 3.99. The van der Waals surface area contributed by atoms with Crippen molar-refractivity contribution in [2.45, 2.75) is 52.0 Å². The number of furan rings is 1. The van der Waals surface area contributed by atoms with Gasteiger partial charge in [-0.3, -0.25) is 4.79 Å². The third-order valence-electron chi connectivity index (χ3n) is 5.23. The molecule has 136 valence electrons. The van der Waals surface area contributed by atoms with Gasteiger partial charge in [0.25, 0.3) is 0 Å². The number of rotatable bonds is 5. The van der Waals surface area contributed by atoms with Gasteiger partial charge in [0.15, 0.2) is 0 Å². The Kier molecular flexibility index (Phi) is 4.53. The Balaban J connectivity index is 1.46. The monoisotopic (exact) mass is 351 g/mol. The number of benzene rings is 1. The van der Waals surface area contributed by atoms with E-state index in [1.807, 2.05) is 31.2 Å². The number of hydrogen-bond acceptors (Lipinski definition) is 3. The molecule has 1 atom stereocenters. The lowest BCUT2D eigenvalue weighted by Crippen LogP contribution is -2.32. The lowest BCUT2D eigenvalue weighted by molar-refractivity contribution is -0.120. The molecule has 1 unspecified atom stereocenters. The van der Waals surface area contributed by atoms with E-state index in [0.717, 1.165) is 59.6 Å². The highest BCUT2D eigenvalue weighted by Gasteiger charge is 2.23. The van der Waals surface area contributed by atoms with Crippen molar-refractivity contribution in [3.8, 4) is 0 Å². The number of aromatic nitrogens is 2. The molecule has 1 aliphatic rings. The number of aryl methyl sites for hydroxylation is 3. The van der Waals surface area contributed by atoms with E-state index in [1.54, 1.807) is 0 Å². The number of imidazole rings is 1. The molecule has 3 heterocycles. The molecule has 1 aliphatic heterocycles. The van der Waals surface area contributed by atoms with Gasteiger partial charge in [0.05, 0.1) is 12.1 Å². The average molecular weight is 351 g/mol. The molecule has 1 amide bonds. The van der Waals surface area contributed by atoms with Gasteiger partial charge in [0.1, 0.15) is 17.2 Å². The zero-order valence-corrected chi connectivity index (χ0v) is 15.4. The van der Waals surface area contributed by atoms with Crippen molar-refractivity contribution in [3.63, 3.8) is 0 Å². The second kappa shape index (κ2) is 6.98. The van der Waals surface area contributed by atoms with Crippen LogP contribution in [0.3, 0.4) is 0 Å². The molecular formula is C21H25N3O2. The lowest BCUT2D eigenvalue weighted by atomic mass is 9.98. The van der Waals surface area contributed by atoms with Crippen LogP contribution in [0.2, 0.25) is 0 Å². The third kappa shape index (κ3) is 3.14. The molecule has 26 heavy (non-hydrogen) atoms. The largest absolute Gasteiger partial charge is 0.461 e. The molecule has 0 bridgehead atoms. The summed E-state index contributed by atoms with van der Waals surface area (Å²) in [5, 5.41) is 4.17. The van der Waals surface area contributed by atoms with Gasteiger partial charge in [-0.15, -0.1) is 0 Å². The van der Waals surface area contributed by atoms with Gasteiger partial charge in [-0.25, -0.2) is 4.98 Å². The molecule has 1 N–H and O–H groups in total. The zero-order valence-electron chi connectivity index (χ0n) is 15.4. The quantitative estimate of drug-likeness (QED) is 0.762. The first-order chi connectivity index (χ1) is 12.7. The van der Waals surface area contributed by atoms with Crippen LogP contribution in [0.5, 0.6) is 0 Å². The topological polar surface area (TPSA) is 60.1 Å². The second-order valence-corrected chi connectivity index (χ2v) is 7.11. The summed E-state index contributed by atoms with van der Waals surface area (Å²) in [4.78, 5) is 17.3. The van der Waals surface area contributed by atoms with Crippen LogP contribution in [-0.2, 0) is 24.2 Å². The van der Waals surface area contributed by atoms with Crippen molar-refractivity contribution < 1.29 is 9.21 Å². The third-order valence-corrected chi connectivity index (χ3v) is 5.23. The predicted octanol–water partition coefficient (Wildman–Crippen LogP) is 3.74. The molecule has 1 aromatic carbocycles. The van der Waals surface area contributed by atoms with Crippen LogP contribution < -0.4 is 5.32 Å². The molecular weight excluding hydrogens is 326 g/mol. The number of para-hydroxylation sites is 1. The Morgan fingerprint density at radius 3 is 3.08 bits per heavy atom. The van der Waals surface area contributed by atoms with Crippen molar-refractivity contribution in [1.29, 1.82) is 0 Å². The minimum absolute atomic E-state index is 0.0478. The fraction of sp³-hybridized carbons (Fsp3) is 0.429. The molecule has 5 nitrogen and oxygen atoms in total. The molecule has 0 radical (unpaired) electrons. The van der Waals surface area contributed by atoms with Gasteiger partial charge in [-0.2, -0.15) is 0 Å². The van der Waals surface area contributed by atoms with Crippen LogP contribution in [0.25, 0.3) is 11.0 Å². The van der Waals surface area contributed by atoms with E-state index < -0.39 is 0 Å². The minimum Gasteiger partial charge on any atom is -0.461 e. The molecule has 0 saturated heterocycles. The van der Waals surface area contributed by atoms with Gasteiger partial charge in [0, 0.05) is 42.6 Å². The summed E-state index contributed by atoms with van der Waals surface area (Å²) in [6, 6.07) is 7.94. The summed E-state index contributed by atoms with van der Waals surface area (Å²) in [5.41, 5.74) is 2.93. The van der Waals surface area contributed by atoms with E-state index in [4.69, 9.17) is 4.42 Å². The minimum atomic E-state index is 0.0478. The van der Waals surface area contributed by atoms with Crippen molar-refractivity contribution in [2.75, 3.05) is 6.54 Å². The smallest absolute Gasteiger partial charge is 0.224 e. The van der Waals surface area contributed by atoms with Gasteiger partial charge < -0.3 is 14.3 Å². The Morgan fingerprint density at radius 2 is 2.23 bits per heavy atom. The highest BCUT2D eigenvalue weighted by atomic mass is 16.3. The van der Waals surface area contributed by atoms with Gasteiger partial charge in [-0.05, 0) is 25.8 Å². The normalized spacial score (nSPS) is 16.6. The number of hydrogen-bond donors (Lipinski definition) is 1. The molecule has 2 aromatic heterocycles. The summed E-state index contributed by atoms with van der Waals surface area (Å²) in [6.45, 7) is 5.76. The highest BCUT2D eigenvalue weighted by molar-refractivity contribution is 5.88. The maximum atomic E-state index is 12.6. The molecule has 0 fully saturated rings. The van der Waals surface area contributed by atoms with Crippen LogP contribution in [0, 0.1) is 6.92 Å². The highest BCUT2D eigenvalue weighted by Crippen LogP contribution is 2.28. The number of nitrogens with one attached hydrogen (secondary N) is 1. The number of carbonyl (C=O) groups excluding carboxylic acids is 1. The zero-order chi connectivity index (χ0) is 18.1. The SMILES string of the molecule is CCc1oc2ccccc2c1CC(=O)NCC1CCCn2cc(C)nc21. The Labute approximate surface area is 153 Å². The summed E-state index contributed by atoms with van der Waals surface area (Å²) in [6.07, 6.45) is 5.47. The molecule has 0 spiro atoms. The summed E-state index contributed by atoms with van der Waals surface area (Å²) in [5.74, 6) is 2.36. The first-order valence-electron chi connectivity index (χ1n) is 9.45. The molecule has 3 aromatic rings. The van der Waals surface area contributed by atoms with Crippen LogP contribution in [0.4, 0.5) is 0 Å². The molecule has 5 heteroatoms. The van der Waals surface area contributed by atoms with Gasteiger partial charge >= 0.3 is 0 Å². The van der Waals surface area contributed by atoms with Crippen LogP contribution in [0.15, 0.2) is 34.9 Å². The van der Waals surface area contributed by atoms with E-state index in [2.05, 4.69) is 28.0 Å². The Bertz CT molecular complexity index is 938. The molecule has 0 saturated carbocycles. The van der Waals surface area contributed by atoms with Crippen molar-refractivity contribution in [2.24, 2.45) is 0 Å². The predicted molar refractivity (Wildman–Crippen MR) is 101 cm³/mol. The van der Waals surface area contributed by atoms with E-state index in [-0.39, 0.29) is 5.91 Å². The summed E-state index contributed by atoms with van der Waals surface area (Å²) in [7, 11) is 0. The maximum Gasteiger partial charge on any atom is 0.224 e. The van der Waals surface area contributed by atoms with Crippen molar-refractivity contribution in [1.82, 2.24) is 14.9 Å². The van der Waals surface area contributed by atoms with E-state index in [1.165, 1.54) is 0 Å². The number of nitrogens with zero attached hydrogens (tertiary/aromatic N) is 2. The number of fused-ring (bicyclic) bond motifs is 2. The summed E-state index contributed by atoms with van der Waals surface area (Å²) < 4.78 is 8.13.